The van der Waals surface area contributed by atoms with Gasteiger partial charge in [0.25, 0.3) is 0 Å². The fourth-order valence-electron chi connectivity index (χ4n) is 2.58. The summed E-state index contributed by atoms with van der Waals surface area (Å²) in [5.41, 5.74) is -0.483. The van der Waals surface area contributed by atoms with Gasteiger partial charge in [0.1, 0.15) is 5.60 Å². The van der Waals surface area contributed by atoms with E-state index in [9.17, 15) is 4.79 Å². The van der Waals surface area contributed by atoms with Gasteiger partial charge in [0.15, 0.2) is 0 Å². The zero-order valence-corrected chi connectivity index (χ0v) is 18.6. The maximum atomic E-state index is 12.5. The van der Waals surface area contributed by atoms with E-state index in [-0.39, 0.29) is 17.2 Å². The molecule has 0 radical (unpaired) electrons. The zero-order valence-electron chi connectivity index (χ0n) is 16.7. The highest BCUT2D eigenvalue weighted by Crippen LogP contribution is 2.49. The fraction of sp³-hybridized carbons (Fsp3) is 0.778. The molecule has 6 heteroatoms. The summed E-state index contributed by atoms with van der Waals surface area (Å²) in [5, 5.41) is 0.121. The van der Waals surface area contributed by atoms with Crippen molar-refractivity contribution in [2.75, 3.05) is 19.8 Å². The van der Waals surface area contributed by atoms with E-state index in [0.717, 1.165) is 6.42 Å². The number of carbonyl (C=O) groups is 1. The predicted molar refractivity (Wildman–Crippen MR) is 108 cm³/mol. The lowest BCUT2D eigenvalue weighted by molar-refractivity contribution is 0.0124. The van der Waals surface area contributed by atoms with Crippen LogP contribution in [0.1, 0.15) is 48.0 Å². The second-order valence-electron chi connectivity index (χ2n) is 8.74. The quantitative estimate of drug-likeness (QED) is 0.397. The number of hydrogen-bond donors (Lipinski definition) is 0. The van der Waals surface area contributed by atoms with Gasteiger partial charge in [0.2, 0.25) is 0 Å². The van der Waals surface area contributed by atoms with Crippen LogP contribution in [0.4, 0.5) is 4.79 Å². The first kappa shape index (κ1) is 21.4. The Kier molecular flexibility index (Phi) is 6.88. The second kappa shape index (κ2) is 7.71. The van der Waals surface area contributed by atoms with Crippen LogP contribution >= 0.6 is 7.09 Å². The first-order valence-corrected chi connectivity index (χ1v) is 13.8. The van der Waals surface area contributed by atoms with Crippen molar-refractivity contribution in [3.05, 3.63) is 12.2 Å². The van der Waals surface area contributed by atoms with Crippen LogP contribution in [-0.2, 0) is 9.16 Å². The maximum Gasteiger partial charge on any atom is 0.430 e. The lowest BCUT2D eigenvalue weighted by atomic mass is 10.1. The number of ether oxygens (including phenoxy) is 1. The Hall–Kier alpha value is -0.643. The summed E-state index contributed by atoms with van der Waals surface area (Å²) in [4.78, 5) is 14.3. The number of carbonyl (C=O) groups excluding carboxylic acids is 1. The van der Waals surface area contributed by atoms with Gasteiger partial charge in [-0.15, -0.1) is 0 Å². The molecule has 0 saturated heterocycles. The third kappa shape index (κ3) is 5.43. The first-order chi connectivity index (χ1) is 10.8. The molecule has 0 aromatic heterocycles. The van der Waals surface area contributed by atoms with E-state index in [1.165, 1.54) is 0 Å². The molecule has 1 heterocycles. The van der Waals surface area contributed by atoms with Gasteiger partial charge >= 0.3 is 14.1 Å². The predicted octanol–water partition coefficient (Wildman–Crippen LogP) is 4.98. The van der Waals surface area contributed by atoms with Gasteiger partial charge in [-0.25, -0.2) is 4.79 Å². The van der Waals surface area contributed by atoms with E-state index >= 15 is 0 Å². The Labute approximate surface area is 150 Å². The average Bonchev–Trinajstić information content (AvgIpc) is 2.41. The highest BCUT2D eigenvalue weighted by atomic mass is 31.4. The molecule has 0 spiro atoms. The molecule has 3 atom stereocenters. The minimum Gasteiger partial charge on any atom is -0.444 e. The summed E-state index contributed by atoms with van der Waals surface area (Å²) in [5.74, 6) is 0. The number of rotatable bonds is 4. The molecule has 0 aromatic rings. The molecule has 1 rings (SSSR count). The van der Waals surface area contributed by atoms with Crippen molar-refractivity contribution < 1.29 is 14.0 Å². The molecule has 4 nitrogen and oxygen atoms in total. The van der Waals surface area contributed by atoms with E-state index in [2.05, 4.69) is 46.4 Å². The third-order valence-electron chi connectivity index (χ3n) is 4.62. The molecule has 0 fully saturated rings. The highest BCUT2D eigenvalue weighted by molar-refractivity contribution is 7.91. The molecule has 0 bridgehead atoms. The monoisotopic (exact) mass is 372 g/mol. The smallest absolute Gasteiger partial charge is 0.430 e. The van der Waals surface area contributed by atoms with Crippen molar-refractivity contribution in [2.24, 2.45) is 0 Å². The Morgan fingerprint density at radius 2 is 1.88 bits per heavy atom. The van der Waals surface area contributed by atoms with Crippen molar-refractivity contribution in [1.29, 1.82) is 0 Å². The summed E-state index contributed by atoms with van der Waals surface area (Å²) in [6, 6.07) is 0.0361. The van der Waals surface area contributed by atoms with Crippen molar-refractivity contribution in [1.82, 2.24) is 4.90 Å². The number of hydrogen-bond acceptors (Lipinski definition) is 3. The fourth-order valence-corrected chi connectivity index (χ4v) is 9.21. The van der Waals surface area contributed by atoms with E-state index in [1.54, 1.807) is 4.90 Å². The Morgan fingerprint density at radius 1 is 1.29 bits per heavy atom. The molecule has 3 unspecified atom stereocenters. The highest BCUT2D eigenvalue weighted by Gasteiger charge is 2.54. The Balaban J connectivity index is 2.85. The minimum atomic E-state index is -1.97. The molecule has 0 aromatic carbocycles. The van der Waals surface area contributed by atoms with Gasteiger partial charge in [0, 0.05) is 11.6 Å². The largest absolute Gasteiger partial charge is 0.444 e. The molecule has 138 valence electrons. The minimum absolute atomic E-state index is 0.0361. The van der Waals surface area contributed by atoms with E-state index < -0.39 is 20.7 Å². The molecule has 24 heavy (non-hydrogen) atoms. The van der Waals surface area contributed by atoms with Gasteiger partial charge in [-0.05, 0) is 33.7 Å². The lowest BCUT2D eigenvalue weighted by Gasteiger charge is -2.37. The molecule has 0 aliphatic carbocycles. The summed E-state index contributed by atoms with van der Waals surface area (Å²) < 4.78 is 12.1. The number of amides is 1. The molecular formula is C18H35NO3PSi+. The van der Waals surface area contributed by atoms with Gasteiger partial charge < -0.3 is 9.16 Å². The molecule has 1 aliphatic rings. The first-order valence-electron chi connectivity index (χ1n) is 8.61. The molecule has 1 aliphatic heterocycles. The van der Waals surface area contributed by atoms with Gasteiger partial charge in [0.05, 0.1) is 32.7 Å². The van der Waals surface area contributed by atoms with Gasteiger partial charge in [-0.2, -0.15) is 0 Å². The maximum absolute atomic E-state index is 12.5. The topological polar surface area (TPSA) is 38.8 Å². The molecule has 0 saturated carbocycles. The van der Waals surface area contributed by atoms with E-state index in [0.29, 0.717) is 13.2 Å². The molecular weight excluding hydrogens is 337 g/mol. The van der Waals surface area contributed by atoms with Crippen LogP contribution < -0.4 is 0 Å². The zero-order chi connectivity index (χ0) is 18.8. The van der Waals surface area contributed by atoms with Gasteiger partial charge in [-0.3, -0.25) is 4.90 Å². The van der Waals surface area contributed by atoms with Gasteiger partial charge in [-0.1, -0.05) is 32.9 Å². The average molecular weight is 373 g/mol. The van der Waals surface area contributed by atoms with E-state index in [4.69, 9.17) is 9.16 Å². The van der Waals surface area contributed by atoms with Crippen molar-refractivity contribution in [3.8, 4) is 0 Å². The third-order valence-corrected chi connectivity index (χ3v) is 16.4. The standard InChI is InChI=1S/C18H35NO3PSi/c1-17(2,3)22-16(20)19-13-11-10-12-15(19)14-21-24(9,23(7)8)18(4,5)6/h10-11,15H,7,12-14H2,1-6,8-9H3/q+1. The lowest BCUT2D eigenvalue weighted by Crippen LogP contribution is -2.50. The SMILES string of the molecule is C=[P+](C)[Si](C)(OCC1CC=CCN1C(=O)OC(C)(C)C)C(C)(C)C. The van der Waals surface area contributed by atoms with Crippen LogP contribution in [0.25, 0.3) is 0 Å². The molecule has 0 N–H and O–H groups in total. The van der Waals surface area contributed by atoms with Crippen LogP contribution in [0.15, 0.2) is 12.2 Å². The number of nitrogens with zero attached hydrogens (tertiary/aromatic N) is 1. The summed E-state index contributed by atoms with van der Waals surface area (Å²) in [6.07, 6.45) is 9.03. The van der Waals surface area contributed by atoms with Crippen molar-refractivity contribution in [3.63, 3.8) is 0 Å². The van der Waals surface area contributed by atoms with Crippen LogP contribution in [-0.4, -0.2) is 56.7 Å². The second-order valence-corrected chi connectivity index (χ2v) is 18.7. The van der Waals surface area contributed by atoms with Crippen LogP contribution in [0.5, 0.6) is 0 Å². The Morgan fingerprint density at radius 3 is 2.33 bits per heavy atom. The van der Waals surface area contributed by atoms with Crippen LogP contribution in [0.2, 0.25) is 11.6 Å². The normalized spacial score (nSPS) is 22.1. The summed E-state index contributed by atoms with van der Waals surface area (Å²) >= 11 is 0. The summed E-state index contributed by atoms with van der Waals surface area (Å²) in [6.45, 7) is 18.1. The Bertz CT molecular complexity index is 507. The van der Waals surface area contributed by atoms with Crippen molar-refractivity contribution >= 4 is 27.5 Å². The van der Waals surface area contributed by atoms with E-state index in [1.807, 2.05) is 26.8 Å². The molecule has 1 amide bonds. The van der Waals surface area contributed by atoms with Crippen LogP contribution in [0, 0.1) is 0 Å². The summed E-state index contributed by atoms with van der Waals surface area (Å²) in [7, 11) is -2.37. The van der Waals surface area contributed by atoms with Crippen LogP contribution in [0.3, 0.4) is 0 Å². The van der Waals surface area contributed by atoms with Crippen molar-refractivity contribution in [2.45, 2.75) is 71.2 Å².